The normalized spacial score (nSPS) is 19.1. The van der Waals surface area contributed by atoms with Crippen LogP contribution in [0.15, 0.2) is 23.8 Å². The second kappa shape index (κ2) is 4.17. The molecule has 2 heterocycles. The van der Waals surface area contributed by atoms with E-state index in [2.05, 4.69) is 26.6 Å². The smallest absolute Gasteiger partial charge is 0.205 e. The van der Waals surface area contributed by atoms with E-state index in [1.807, 2.05) is 12.3 Å². The van der Waals surface area contributed by atoms with E-state index in [9.17, 15) is 0 Å². The second-order valence-electron chi connectivity index (χ2n) is 3.88. The molecule has 0 aromatic carbocycles. The molecule has 0 spiro atoms. The molecule has 0 fully saturated rings. The lowest BCUT2D eigenvalue weighted by atomic mass is 9.92. The van der Waals surface area contributed by atoms with Crippen LogP contribution < -0.4 is 5.32 Å². The van der Waals surface area contributed by atoms with Crippen LogP contribution in [-0.2, 0) is 6.42 Å². The Morgan fingerprint density at radius 1 is 1.44 bits per heavy atom. The van der Waals surface area contributed by atoms with Crippen LogP contribution in [-0.4, -0.2) is 15.2 Å². The van der Waals surface area contributed by atoms with Gasteiger partial charge in [-0.1, -0.05) is 17.4 Å². The van der Waals surface area contributed by atoms with Gasteiger partial charge in [0.05, 0.1) is 11.7 Å². The molecule has 1 unspecified atom stereocenters. The van der Waals surface area contributed by atoms with Crippen molar-refractivity contribution >= 4 is 16.5 Å². The van der Waals surface area contributed by atoms with E-state index in [0.29, 0.717) is 0 Å². The lowest BCUT2D eigenvalue weighted by molar-refractivity contribution is 0.582. The summed E-state index contributed by atoms with van der Waals surface area (Å²) in [6.07, 6.45) is 5.31. The predicted octanol–water partition coefficient (Wildman–Crippen LogP) is 2.42. The van der Waals surface area contributed by atoms with Crippen molar-refractivity contribution in [3.05, 3.63) is 35.1 Å². The highest BCUT2D eigenvalue weighted by Gasteiger charge is 2.21. The quantitative estimate of drug-likeness (QED) is 0.864. The molecule has 1 aliphatic rings. The van der Waals surface area contributed by atoms with Crippen molar-refractivity contribution in [2.45, 2.75) is 25.3 Å². The van der Waals surface area contributed by atoms with E-state index in [0.717, 1.165) is 18.0 Å². The van der Waals surface area contributed by atoms with Crippen LogP contribution in [0.2, 0.25) is 0 Å². The van der Waals surface area contributed by atoms with Gasteiger partial charge in [0.2, 0.25) is 5.13 Å². The zero-order valence-electron chi connectivity index (χ0n) is 8.76. The maximum absolute atomic E-state index is 4.48. The number of hydrogen-bond donors (Lipinski definition) is 1. The molecule has 1 aliphatic carbocycles. The molecule has 0 saturated heterocycles. The van der Waals surface area contributed by atoms with Crippen LogP contribution in [0.3, 0.4) is 0 Å². The van der Waals surface area contributed by atoms with Gasteiger partial charge in [0.25, 0.3) is 0 Å². The molecular formula is C11H12N4S. The van der Waals surface area contributed by atoms with Gasteiger partial charge in [-0.3, -0.25) is 4.98 Å². The number of nitrogens with zero attached hydrogens (tertiary/aromatic N) is 3. The van der Waals surface area contributed by atoms with Crippen LogP contribution in [0.25, 0.3) is 0 Å². The Labute approximate surface area is 97.8 Å². The van der Waals surface area contributed by atoms with Crippen molar-refractivity contribution in [1.29, 1.82) is 0 Å². The van der Waals surface area contributed by atoms with Gasteiger partial charge in [-0.2, -0.15) is 0 Å². The summed E-state index contributed by atoms with van der Waals surface area (Å²) in [5.74, 6) is 0. The highest BCUT2D eigenvalue weighted by atomic mass is 32.1. The first-order valence-electron chi connectivity index (χ1n) is 5.40. The summed E-state index contributed by atoms with van der Waals surface area (Å²) in [5.41, 5.74) is 4.27. The average Bonchev–Trinajstić information content (AvgIpc) is 2.82. The molecule has 0 radical (unpaired) electrons. The maximum Gasteiger partial charge on any atom is 0.205 e. The minimum Gasteiger partial charge on any atom is -0.352 e. The zero-order valence-corrected chi connectivity index (χ0v) is 9.57. The Morgan fingerprint density at radius 2 is 2.44 bits per heavy atom. The molecule has 0 bridgehead atoms. The first-order chi connectivity index (χ1) is 7.93. The largest absolute Gasteiger partial charge is 0.352 e. The fraction of sp³-hybridized carbons (Fsp3) is 0.364. The highest BCUT2D eigenvalue weighted by molar-refractivity contribution is 7.13. The number of aryl methyl sites for hydroxylation is 1. The van der Waals surface area contributed by atoms with Crippen LogP contribution in [0, 0.1) is 0 Å². The molecule has 2 aromatic heterocycles. The maximum atomic E-state index is 4.48. The first-order valence-corrected chi connectivity index (χ1v) is 6.28. The van der Waals surface area contributed by atoms with Crippen molar-refractivity contribution in [3.63, 3.8) is 0 Å². The Kier molecular flexibility index (Phi) is 2.53. The summed E-state index contributed by atoms with van der Waals surface area (Å²) in [4.78, 5) is 4.48. The summed E-state index contributed by atoms with van der Waals surface area (Å²) in [6.45, 7) is 0. The predicted molar refractivity (Wildman–Crippen MR) is 63.4 cm³/mol. The zero-order chi connectivity index (χ0) is 10.8. The molecule has 5 heteroatoms. The van der Waals surface area contributed by atoms with E-state index >= 15 is 0 Å². The average molecular weight is 232 g/mol. The van der Waals surface area contributed by atoms with Gasteiger partial charge < -0.3 is 5.32 Å². The third-order valence-corrected chi connectivity index (χ3v) is 3.48. The van der Waals surface area contributed by atoms with Crippen molar-refractivity contribution in [2.24, 2.45) is 0 Å². The van der Waals surface area contributed by atoms with Crippen molar-refractivity contribution < 1.29 is 0 Å². The van der Waals surface area contributed by atoms with Crippen LogP contribution >= 0.6 is 11.3 Å². The monoisotopic (exact) mass is 232 g/mol. The number of anilines is 1. The minimum atomic E-state index is 0.290. The Bertz CT molecular complexity index is 469. The number of hydrogen-bond acceptors (Lipinski definition) is 5. The number of rotatable bonds is 2. The van der Waals surface area contributed by atoms with Gasteiger partial charge in [0.1, 0.15) is 5.51 Å². The Balaban J connectivity index is 1.87. The number of aromatic nitrogens is 3. The number of pyridine rings is 1. The standard InChI is InChI=1S/C11H12N4S/c1-3-8-4-2-6-12-10(8)9(5-1)14-11-15-13-7-16-11/h2,4,6-7,9H,1,3,5H2,(H,14,15). The van der Waals surface area contributed by atoms with Gasteiger partial charge in [0.15, 0.2) is 0 Å². The minimum absolute atomic E-state index is 0.290. The second-order valence-corrected chi connectivity index (χ2v) is 4.71. The van der Waals surface area contributed by atoms with Gasteiger partial charge in [-0.05, 0) is 30.9 Å². The molecule has 0 amide bonds. The summed E-state index contributed by atoms with van der Waals surface area (Å²) < 4.78 is 0. The molecule has 2 aromatic rings. The molecule has 4 nitrogen and oxygen atoms in total. The van der Waals surface area contributed by atoms with Gasteiger partial charge >= 0.3 is 0 Å². The van der Waals surface area contributed by atoms with E-state index in [-0.39, 0.29) is 6.04 Å². The molecular weight excluding hydrogens is 220 g/mol. The molecule has 0 aliphatic heterocycles. The summed E-state index contributed by atoms with van der Waals surface area (Å²) in [7, 11) is 0. The fourth-order valence-corrected chi connectivity index (χ4v) is 2.63. The van der Waals surface area contributed by atoms with Crippen molar-refractivity contribution in [3.8, 4) is 0 Å². The molecule has 1 atom stereocenters. The van der Waals surface area contributed by atoms with Gasteiger partial charge in [-0.25, -0.2) is 0 Å². The first kappa shape index (κ1) is 9.72. The third-order valence-electron chi connectivity index (χ3n) is 2.85. The lowest BCUT2D eigenvalue weighted by Gasteiger charge is -2.24. The topological polar surface area (TPSA) is 50.7 Å². The van der Waals surface area contributed by atoms with E-state index in [1.165, 1.54) is 29.0 Å². The van der Waals surface area contributed by atoms with E-state index in [1.54, 1.807) is 5.51 Å². The van der Waals surface area contributed by atoms with Gasteiger partial charge in [-0.15, -0.1) is 10.2 Å². The molecule has 0 saturated carbocycles. The molecule has 3 rings (SSSR count). The van der Waals surface area contributed by atoms with Crippen molar-refractivity contribution in [2.75, 3.05) is 5.32 Å². The van der Waals surface area contributed by atoms with Crippen LogP contribution in [0.1, 0.15) is 30.1 Å². The Hall–Kier alpha value is -1.49. The van der Waals surface area contributed by atoms with E-state index < -0.39 is 0 Å². The lowest BCUT2D eigenvalue weighted by Crippen LogP contribution is -2.18. The number of nitrogens with one attached hydrogen (secondary N) is 1. The molecule has 16 heavy (non-hydrogen) atoms. The van der Waals surface area contributed by atoms with Gasteiger partial charge in [0, 0.05) is 6.20 Å². The summed E-state index contributed by atoms with van der Waals surface area (Å²) in [6, 6.07) is 4.46. The van der Waals surface area contributed by atoms with Crippen LogP contribution in [0.4, 0.5) is 5.13 Å². The highest BCUT2D eigenvalue weighted by Crippen LogP contribution is 2.30. The molecule has 1 N–H and O–H groups in total. The summed E-state index contributed by atoms with van der Waals surface area (Å²) >= 11 is 1.53. The number of fused-ring (bicyclic) bond motifs is 1. The SMILES string of the molecule is c1cnc2c(c1)CCCC2Nc1nncs1. The van der Waals surface area contributed by atoms with Crippen molar-refractivity contribution in [1.82, 2.24) is 15.2 Å². The summed E-state index contributed by atoms with van der Waals surface area (Å²) in [5, 5.41) is 12.1. The fourth-order valence-electron chi connectivity index (χ4n) is 2.13. The van der Waals surface area contributed by atoms with E-state index in [4.69, 9.17) is 0 Å². The Morgan fingerprint density at radius 3 is 3.31 bits per heavy atom. The molecule has 82 valence electrons. The van der Waals surface area contributed by atoms with Crippen LogP contribution in [0.5, 0.6) is 0 Å². The third kappa shape index (κ3) is 1.78.